The molecule has 0 radical (unpaired) electrons. The second kappa shape index (κ2) is 8.79. The van der Waals surface area contributed by atoms with Crippen LogP contribution in [0.5, 0.6) is 0 Å². The first-order valence-corrected chi connectivity index (χ1v) is 11.3. The fourth-order valence-electron chi connectivity index (χ4n) is 5.60. The van der Waals surface area contributed by atoms with Gasteiger partial charge < -0.3 is 14.8 Å². The van der Waals surface area contributed by atoms with E-state index in [9.17, 15) is 5.21 Å². The highest BCUT2D eigenvalue weighted by Gasteiger charge is 2.28. The second-order valence-electron chi connectivity index (χ2n) is 9.26. The third kappa shape index (κ3) is 4.94. The lowest BCUT2D eigenvalue weighted by Gasteiger charge is -2.48. The number of rotatable bonds is 7. The molecule has 27 heavy (non-hydrogen) atoms. The van der Waals surface area contributed by atoms with E-state index >= 15 is 0 Å². The standard InChI is InChI=1S/C24H36N2O/c27-26(18-20-9-3-1-4-10-20,19-21-11-5-2-6-12-21)16-15-22-17-25-24-14-8-7-13-23(22)24/h7-8,13-14,17,20-21,25H,1-6,9-12,15-16,18-19H2. The predicted molar refractivity (Wildman–Crippen MR) is 113 cm³/mol. The van der Waals surface area contributed by atoms with Crippen LogP contribution in [-0.4, -0.2) is 29.3 Å². The molecule has 2 fully saturated rings. The van der Waals surface area contributed by atoms with Crippen molar-refractivity contribution >= 4 is 10.9 Å². The summed E-state index contributed by atoms with van der Waals surface area (Å²) in [7, 11) is 0. The van der Waals surface area contributed by atoms with E-state index in [0.717, 1.165) is 26.1 Å². The summed E-state index contributed by atoms with van der Waals surface area (Å²) in [6, 6.07) is 8.48. The Morgan fingerprint density at radius 2 is 1.44 bits per heavy atom. The number of hydrogen-bond donors (Lipinski definition) is 1. The molecule has 0 amide bonds. The molecular weight excluding hydrogens is 332 g/mol. The molecule has 0 aliphatic heterocycles. The Balaban J connectivity index is 1.45. The summed E-state index contributed by atoms with van der Waals surface area (Å²) in [4.78, 5) is 3.38. The number of aromatic nitrogens is 1. The number of para-hydroxylation sites is 1. The Kier molecular flexibility index (Phi) is 6.19. The van der Waals surface area contributed by atoms with Crippen molar-refractivity contribution in [3.05, 3.63) is 41.2 Å². The van der Waals surface area contributed by atoms with Gasteiger partial charge in [-0.2, -0.15) is 0 Å². The van der Waals surface area contributed by atoms with Gasteiger partial charge in [0, 0.05) is 35.4 Å². The third-order valence-corrected chi connectivity index (χ3v) is 7.09. The van der Waals surface area contributed by atoms with Crippen molar-refractivity contribution in [3.63, 3.8) is 0 Å². The van der Waals surface area contributed by atoms with Crippen LogP contribution in [0.15, 0.2) is 30.5 Å². The van der Waals surface area contributed by atoms with Crippen LogP contribution in [0.1, 0.15) is 69.8 Å². The molecule has 0 atom stereocenters. The van der Waals surface area contributed by atoms with E-state index in [1.807, 2.05) is 0 Å². The van der Waals surface area contributed by atoms with Crippen molar-refractivity contribution in [2.45, 2.75) is 70.6 Å². The first-order valence-electron chi connectivity index (χ1n) is 11.3. The smallest absolute Gasteiger partial charge is 0.0825 e. The lowest BCUT2D eigenvalue weighted by molar-refractivity contribution is -0.887. The summed E-state index contributed by atoms with van der Waals surface area (Å²) in [5, 5.41) is 15.3. The molecule has 1 aromatic carbocycles. The van der Waals surface area contributed by atoms with E-state index in [-0.39, 0.29) is 4.65 Å². The maximum Gasteiger partial charge on any atom is 0.0825 e. The number of benzene rings is 1. The molecular formula is C24H36N2O. The minimum Gasteiger partial charge on any atom is -0.633 e. The van der Waals surface area contributed by atoms with Gasteiger partial charge in [0.25, 0.3) is 0 Å². The second-order valence-corrected chi connectivity index (χ2v) is 9.26. The van der Waals surface area contributed by atoms with Gasteiger partial charge in [0.2, 0.25) is 0 Å². The molecule has 0 spiro atoms. The minimum absolute atomic E-state index is 0.0504. The van der Waals surface area contributed by atoms with E-state index in [4.69, 9.17) is 0 Å². The largest absolute Gasteiger partial charge is 0.633 e. The van der Waals surface area contributed by atoms with Crippen molar-refractivity contribution < 1.29 is 4.65 Å². The fourth-order valence-corrected chi connectivity index (χ4v) is 5.60. The predicted octanol–water partition coefficient (Wildman–Crippen LogP) is 6.19. The minimum atomic E-state index is 0.0504. The third-order valence-electron chi connectivity index (χ3n) is 7.09. The average molecular weight is 369 g/mol. The van der Waals surface area contributed by atoms with Gasteiger partial charge in [-0.3, -0.25) is 0 Å². The van der Waals surface area contributed by atoms with E-state index in [0.29, 0.717) is 11.8 Å². The van der Waals surface area contributed by atoms with Crippen molar-refractivity contribution in [3.8, 4) is 0 Å². The first-order chi connectivity index (χ1) is 13.2. The van der Waals surface area contributed by atoms with Crippen molar-refractivity contribution in [2.24, 2.45) is 11.8 Å². The Bertz CT molecular complexity index is 690. The average Bonchev–Trinajstić information content (AvgIpc) is 3.11. The van der Waals surface area contributed by atoms with E-state index in [1.165, 1.54) is 80.7 Å². The van der Waals surface area contributed by atoms with E-state index in [2.05, 4.69) is 35.4 Å². The van der Waals surface area contributed by atoms with Crippen LogP contribution < -0.4 is 0 Å². The first kappa shape index (κ1) is 19.0. The molecule has 0 unspecified atom stereocenters. The van der Waals surface area contributed by atoms with Gasteiger partial charge in [-0.1, -0.05) is 56.7 Å². The zero-order valence-corrected chi connectivity index (χ0v) is 16.8. The molecule has 3 heteroatoms. The Morgan fingerprint density at radius 3 is 2.07 bits per heavy atom. The number of aromatic amines is 1. The van der Waals surface area contributed by atoms with Gasteiger partial charge >= 0.3 is 0 Å². The molecule has 2 aromatic rings. The topological polar surface area (TPSA) is 38.8 Å². The maximum absolute atomic E-state index is 14.0. The van der Waals surface area contributed by atoms with E-state index in [1.54, 1.807) is 0 Å². The monoisotopic (exact) mass is 368 g/mol. The summed E-state index contributed by atoms with van der Waals surface area (Å²) in [5.74, 6) is 1.31. The van der Waals surface area contributed by atoms with Gasteiger partial charge in [0.15, 0.2) is 0 Å². The number of nitrogens with zero attached hydrogens (tertiary/aromatic N) is 1. The molecule has 3 nitrogen and oxygen atoms in total. The van der Waals surface area contributed by atoms with E-state index < -0.39 is 0 Å². The Hall–Kier alpha value is -1.32. The lowest BCUT2D eigenvalue weighted by atomic mass is 9.86. The van der Waals surface area contributed by atoms with Crippen LogP contribution in [0.3, 0.4) is 0 Å². The molecule has 1 heterocycles. The number of nitrogens with one attached hydrogen (secondary N) is 1. The van der Waals surface area contributed by atoms with Crippen molar-refractivity contribution in [1.29, 1.82) is 0 Å². The molecule has 1 aromatic heterocycles. The zero-order valence-electron chi connectivity index (χ0n) is 16.8. The van der Waals surface area contributed by atoms with Gasteiger partial charge in [-0.25, -0.2) is 0 Å². The zero-order chi connectivity index (χ0) is 18.5. The molecule has 4 rings (SSSR count). The lowest BCUT2D eigenvalue weighted by Crippen LogP contribution is -2.50. The molecule has 148 valence electrons. The van der Waals surface area contributed by atoms with Gasteiger partial charge in [0.05, 0.1) is 19.6 Å². The molecule has 2 aliphatic carbocycles. The number of hydrogen-bond acceptors (Lipinski definition) is 1. The highest BCUT2D eigenvalue weighted by molar-refractivity contribution is 5.83. The SMILES string of the molecule is [O-][N+](CCc1c[nH]c2ccccc12)(CC1CCCCC1)CC1CCCCC1. The number of H-pyrrole nitrogens is 1. The number of quaternary nitrogens is 1. The van der Waals surface area contributed by atoms with Crippen molar-refractivity contribution in [2.75, 3.05) is 19.6 Å². The van der Waals surface area contributed by atoms with Crippen LogP contribution in [-0.2, 0) is 6.42 Å². The fraction of sp³-hybridized carbons (Fsp3) is 0.667. The molecule has 1 N–H and O–H groups in total. The normalized spacial score (nSPS) is 20.3. The van der Waals surface area contributed by atoms with Crippen LogP contribution in [0.4, 0.5) is 0 Å². The summed E-state index contributed by atoms with van der Waals surface area (Å²) in [5.41, 5.74) is 2.51. The molecule has 2 saturated carbocycles. The highest BCUT2D eigenvalue weighted by atomic mass is 16.5. The van der Waals surface area contributed by atoms with Crippen LogP contribution in [0.2, 0.25) is 0 Å². The molecule has 0 bridgehead atoms. The quantitative estimate of drug-likeness (QED) is 0.459. The Labute approximate surface area is 164 Å². The van der Waals surface area contributed by atoms with Gasteiger partial charge in [-0.05, 0) is 37.3 Å². The Morgan fingerprint density at radius 1 is 0.852 bits per heavy atom. The van der Waals surface area contributed by atoms with Gasteiger partial charge in [0.1, 0.15) is 0 Å². The highest BCUT2D eigenvalue weighted by Crippen LogP contribution is 2.31. The van der Waals surface area contributed by atoms with Gasteiger partial charge in [-0.15, -0.1) is 0 Å². The summed E-state index contributed by atoms with van der Waals surface area (Å²) >= 11 is 0. The molecule has 2 aliphatic rings. The maximum atomic E-state index is 14.0. The summed E-state index contributed by atoms with van der Waals surface area (Å²) in [6.45, 7) is 2.46. The summed E-state index contributed by atoms with van der Waals surface area (Å²) < 4.78 is 0.0504. The van der Waals surface area contributed by atoms with Crippen molar-refractivity contribution in [1.82, 2.24) is 4.98 Å². The van der Waals surface area contributed by atoms with Crippen LogP contribution >= 0.6 is 0 Å². The molecule has 0 saturated heterocycles. The number of fused-ring (bicyclic) bond motifs is 1. The number of hydroxylamine groups is 3. The van der Waals surface area contributed by atoms with Crippen LogP contribution in [0.25, 0.3) is 10.9 Å². The van der Waals surface area contributed by atoms with Crippen LogP contribution in [0, 0.1) is 17.0 Å². The summed E-state index contributed by atoms with van der Waals surface area (Å²) in [6.07, 6.45) is 16.2.